The lowest BCUT2D eigenvalue weighted by molar-refractivity contribution is 0.303. The average Bonchev–Trinajstić information content (AvgIpc) is 2.85. The Balaban J connectivity index is 1.57. The minimum Gasteiger partial charge on any atom is -0.507 e. The van der Waals surface area contributed by atoms with E-state index in [1.165, 1.54) is 12.8 Å². The molecule has 0 fully saturated rings. The van der Waals surface area contributed by atoms with Crippen molar-refractivity contribution in [1.29, 1.82) is 0 Å². The van der Waals surface area contributed by atoms with Crippen molar-refractivity contribution in [2.75, 3.05) is 18.2 Å². The Bertz CT molecular complexity index is 1080. The first kappa shape index (κ1) is 21.6. The lowest BCUT2D eigenvalue weighted by Crippen LogP contribution is -2.36. The van der Waals surface area contributed by atoms with Gasteiger partial charge in [0.15, 0.2) is 5.84 Å². The van der Waals surface area contributed by atoms with Crippen LogP contribution in [0.15, 0.2) is 88.8 Å². The predicted molar refractivity (Wildman–Crippen MR) is 131 cm³/mol. The van der Waals surface area contributed by atoms with Gasteiger partial charge in [-0.1, -0.05) is 74.7 Å². The zero-order valence-corrected chi connectivity index (χ0v) is 18.4. The zero-order chi connectivity index (χ0) is 22.2. The van der Waals surface area contributed by atoms with Gasteiger partial charge < -0.3 is 14.7 Å². The van der Waals surface area contributed by atoms with Crippen LogP contribution in [0.2, 0.25) is 0 Å². The number of rotatable bonds is 9. The molecule has 0 bridgehead atoms. The van der Waals surface area contributed by atoms with Crippen LogP contribution in [0.1, 0.15) is 43.7 Å². The second kappa shape index (κ2) is 10.6. The molecule has 0 saturated carbocycles. The topological polar surface area (TPSA) is 57.4 Å². The first-order valence-electron chi connectivity index (χ1n) is 11.2. The third-order valence-electron chi connectivity index (χ3n) is 5.41. The predicted octanol–water partition coefficient (Wildman–Crippen LogP) is 6.02. The van der Waals surface area contributed by atoms with Crippen LogP contribution in [-0.4, -0.2) is 30.1 Å². The van der Waals surface area contributed by atoms with Crippen LogP contribution in [0, 0.1) is 0 Å². The highest BCUT2D eigenvalue weighted by molar-refractivity contribution is 6.19. The number of phenols is 1. The van der Waals surface area contributed by atoms with Crippen LogP contribution in [0.3, 0.4) is 0 Å². The minimum atomic E-state index is 0.124. The van der Waals surface area contributed by atoms with Gasteiger partial charge >= 0.3 is 0 Å². The Morgan fingerprint density at radius 1 is 0.906 bits per heavy atom. The first-order valence-corrected chi connectivity index (χ1v) is 11.2. The van der Waals surface area contributed by atoms with Gasteiger partial charge in [-0.3, -0.25) is 0 Å². The lowest BCUT2D eigenvalue weighted by atomic mass is 10.1. The molecule has 1 aliphatic heterocycles. The molecule has 5 heteroatoms. The number of hydrogen-bond acceptors (Lipinski definition) is 5. The number of unbranched alkanes of at least 4 members (excludes halogenated alkanes) is 3. The summed E-state index contributed by atoms with van der Waals surface area (Å²) >= 11 is 0. The Labute approximate surface area is 189 Å². The number of ether oxygens (including phenoxy) is 1. The van der Waals surface area contributed by atoms with E-state index in [-0.39, 0.29) is 5.75 Å². The average molecular weight is 428 g/mol. The fourth-order valence-electron chi connectivity index (χ4n) is 3.67. The van der Waals surface area contributed by atoms with Gasteiger partial charge in [0, 0.05) is 17.3 Å². The Hall–Kier alpha value is -3.60. The van der Waals surface area contributed by atoms with E-state index in [1.54, 1.807) is 6.07 Å². The van der Waals surface area contributed by atoms with Gasteiger partial charge in [0.2, 0.25) is 0 Å². The monoisotopic (exact) mass is 427 g/mol. The van der Waals surface area contributed by atoms with Crippen LogP contribution in [0.4, 0.5) is 5.69 Å². The van der Waals surface area contributed by atoms with Crippen molar-refractivity contribution in [1.82, 2.24) is 0 Å². The molecule has 0 saturated heterocycles. The van der Waals surface area contributed by atoms with Gasteiger partial charge in [0.25, 0.3) is 0 Å². The molecule has 3 aromatic rings. The number of anilines is 1. The zero-order valence-electron chi connectivity index (χ0n) is 18.4. The lowest BCUT2D eigenvalue weighted by Gasteiger charge is -2.28. The molecule has 0 amide bonds. The maximum Gasteiger partial charge on any atom is 0.162 e. The number of phenolic OH excluding ortho intramolecular Hbond substituents is 1. The summed E-state index contributed by atoms with van der Waals surface area (Å²) in [6.45, 7) is 3.26. The van der Waals surface area contributed by atoms with Crippen LogP contribution in [0.5, 0.6) is 11.5 Å². The molecule has 0 radical (unpaired) electrons. The van der Waals surface area contributed by atoms with E-state index in [4.69, 9.17) is 9.73 Å². The third-order valence-corrected chi connectivity index (χ3v) is 5.41. The van der Waals surface area contributed by atoms with E-state index in [0.29, 0.717) is 30.4 Å². The number of aliphatic imine (C=N–C) groups is 2. The maximum atomic E-state index is 10.7. The molecule has 0 spiro atoms. The summed E-state index contributed by atoms with van der Waals surface area (Å²) in [5, 5.41) is 10.7. The molecule has 0 unspecified atom stereocenters. The van der Waals surface area contributed by atoms with Gasteiger partial charge in [-0.25, -0.2) is 9.98 Å². The standard InChI is InChI=1S/C27H29N3O2/c1-2-3-4-11-18-32-23-16-17-24(25(31)19-23)26-28-20-30(22-14-9-6-10-15-22)27(29-26)21-12-7-5-8-13-21/h5-10,12-17,19,31H,2-4,11,18,20H2,1H3. The SMILES string of the molecule is CCCCCCOc1ccc(C2=NCN(c3ccccc3)C(c3ccccc3)=N2)c(O)c1. The van der Waals surface area contributed by atoms with Crippen molar-refractivity contribution in [3.8, 4) is 11.5 Å². The summed E-state index contributed by atoms with van der Waals surface area (Å²) in [6, 6.07) is 25.5. The fraction of sp³-hybridized carbons (Fsp3) is 0.259. The van der Waals surface area contributed by atoms with Gasteiger partial charge in [0.05, 0.1) is 12.2 Å². The molecule has 0 atom stereocenters. The van der Waals surface area contributed by atoms with Gasteiger partial charge in [-0.05, 0) is 30.7 Å². The molecule has 3 aromatic carbocycles. The van der Waals surface area contributed by atoms with E-state index >= 15 is 0 Å². The number of nitrogens with zero attached hydrogens (tertiary/aromatic N) is 3. The number of hydrogen-bond donors (Lipinski definition) is 1. The van der Waals surface area contributed by atoms with Crippen LogP contribution < -0.4 is 9.64 Å². The summed E-state index contributed by atoms with van der Waals surface area (Å²) < 4.78 is 5.80. The molecule has 1 N–H and O–H groups in total. The van der Waals surface area contributed by atoms with Crippen molar-refractivity contribution in [2.24, 2.45) is 9.98 Å². The third kappa shape index (κ3) is 5.17. The number of benzene rings is 3. The summed E-state index contributed by atoms with van der Waals surface area (Å²) in [7, 11) is 0. The number of aromatic hydroxyl groups is 1. The molecule has 5 nitrogen and oxygen atoms in total. The summed E-state index contributed by atoms with van der Waals surface area (Å²) in [5.74, 6) is 2.11. The highest BCUT2D eigenvalue weighted by atomic mass is 16.5. The van der Waals surface area contributed by atoms with Crippen molar-refractivity contribution in [3.05, 3.63) is 90.0 Å². The summed E-state index contributed by atoms with van der Waals surface area (Å²) in [6.07, 6.45) is 4.59. The molecular weight excluding hydrogens is 398 g/mol. The van der Waals surface area contributed by atoms with E-state index in [9.17, 15) is 5.11 Å². The highest BCUT2D eigenvalue weighted by Gasteiger charge is 2.22. The van der Waals surface area contributed by atoms with E-state index in [1.807, 2.05) is 72.8 Å². The second-order valence-electron chi connectivity index (χ2n) is 7.78. The highest BCUT2D eigenvalue weighted by Crippen LogP contribution is 2.28. The van der Waals surface area contributed by atoms with Crippen molar-refractivity contribution in [2.45, 2.75) is 32.6 Å². The van der Waals surface area contributed by atoms with Crippen LogP contribution in [0.25, 0.3) is 0 Å². The summed E-state index contributed by atoms with van der Waals surface area (Å²) in [5.41, 5.74) is 2.62. The largest absolute Gasteiger partial charge is 0.507 e. The van der Waals surface area contributed by atoms with Gasteiger partial charge in [-0.2, -0.15) is 0 Å². The Morgan fingerprint density at radius 2 is 1.66 bits per heavy atom. The van der Waals surface area contributed by atoms with Crippen molar-refractivity contribution >= 4 is 17.4 Å². The maximum absolute atomic E-state index is 10.7. The quantitative estimate of drug-likeness (QED) is 0.425. The number of para-hydroxylation sites is 1. The van der Waals surface area contributed by atoms with Crippen molar-refractivity contribution in [3.63, 3.8) is 0 Å². The van der Waals surface area contributed by atoms with Crippen molar-refractivity contribution < 1.29 is 9.84 Å². The molecular formula is C27H29N3O2. The molecule has 164 valence electrons. The van der Waals surface area contributed by atoms with Crippen LogP contribution >= 0.6 is 0 Å². The van der Waals surface area contributed by atoms with Gasteiger partial charge in [0.1, 0.15) is 24.0 Å². The molecule has 0 aliphatic carbocycles. The molecule has 32 heavy (non-hydrogen) atoms. The summed E-state index contributed by atoms with van der Waals surface area (Å²) in [4.78, 5) is 11.6. The number of amidine groups is 2. The van der Waals surface area contributed by atoms with E-state index in [2.05, 4.69) is 16.8 Å². The first-order chi connectivity index (χ1) is 15.8. The molecule has 1 aliphatic rings. The minimum absolute atomic E-state index is 0.124. The second-order valence-corrected chi connectivity index (χ2v) is 7.78. The smallest absolute Gasteiger partial charge is 0.162 e. The van der Waals surface area contributed by atoms with E-state index in [0.717, 1.165) is 29.9 Å². The van der Waals surface area contributed by atoms with Gasteiger partial charge in [-0.15, -0.1) is 0 Å². The molecule has 1 heterocycles. The fourth-order valence-corrected chi connectivity index (χ4v) is 3.67. The molecule has 0 aromatic heterocycles. The molecule has 4 rings (SSSR count). The normalized spacial score (nSPS) is 13.5. The van der Waals surface area contributed by atoms with Crippen LogP contribution in [-0.2, 0) is 0 Å². The Kier molecular flexibility index (Phi) is 7.18. The van der Waals surface area contributed by atoms with E-state index < -0.39 is 0 Å². The Morgan fingerprint density at radius 3 is 2.38 bits per heavy atom.